The first-order chi connectivity index (χ1) is 9.02. The van der Waals surface area contributed by atoms with Crippen LogP contribution in [0.4, 0.5) is 0 Å². The van der Waals surface area contributed by atoms with E-state index in [-0.39, 0.29) is 18.0 Å². The summed E-state index contributed by atoms with van der Waals surface area (Å²) in [7, 11) is 1.62. The zero-order valence-corrected chi connectivity index (χ0v) is 12.5. The zero-order chi connectivity index (χ0) is 14.3. The third kappa shape index (κ3) is 6.09. The molecule has 0 heterocycles. The number of hydrogen-bond donors (Lipinski definition) is 2. The molecular weight excluding hydrogens is 260 g/mol. The van der Waals surface area contributed by atoms with Crippen LogP contribution >= 0.6 is 11.8 Å². The van der Waals surface area contributed by atoms with Crippen molar-refractivity contribution in [1.29, 1.82) is 0 Å². The number of amides is 1. The monoisotopic (exact) mass is 282 g/mol. The molecule has 0 bridgehead atoms. The van der Waals surface area contributed by atoms with Gasteiger partial charge in [-0.15, -0.1) is 11.8 Å². The van der Waals surface area contributed by atoms with Gasteiger partial charge in [-0.1, -0.05) is 12.1 Å². The number of benzene rings is 1. The van der Waals surface area contributed by atoms with E-state index in [2.05, 4.69) is 5.32 Å². The van der Waals surface area contributed by atoms with Gasteiger partial charge in [0.1, 0.15) is 0 Å². The molecule has 0 aromatic heterocycles. The summed E-state index contributed by atoms with van der Waals surface area (Å²) in [6, 6.07) is 8.07. The highest BCUT2D eigenvalue weighted by molar-refractivity contribution is 8.00. The lowest BCUT2D eigenvalue weighted by Gasteiger charge is -2.12. The maximum Gasteiger partial charge on any atom is 0.230 e. The Kier molecular flexibility index (Phi) is 6.91. The van der Waals surface area contributed by atoms with Crippen molar-refractivity contribution >= 4 is 17.7 Å². The third-order valence-corrected chi connectivity index (χ3v) is 3.61. The Hall–Kier alpha value is -1.04. The predicted molar refractivity (Wildman–Crippen MR) is 79.2 cm³/mol. The van der Waals surface area contributed by atoms with Gasteiger partial charge in [-0.25, -0.2) is 0 Å². The van der Waals surface area contributed by atoms with Crippen LogP contribution in [0.15, 0.2) is 29.2 Å². The summed E-state index contributed by atoms with van der Waals surface area (Å²) >= 11 is 1.52. The molecule has 0 saturated carbocycles. The lowest BCUT2D eigenvalue weighted by atomic mass is 10.1. The molecule has 0 aliphatic carbocycles. The number of thioether (sulfide) groups is 1. The molecule has 1 amide bonds. The SMILES string of the molecule is COCC(C)NC(=O)CSc1ccc(C(C)N)cc1. The van der Waals surface area contributed by atoms with E-state index in [9.17, 15) is 4.79 Å². The van der Waals surface area contributed by atoms with E-state index in [0.29, 0.717) is 12.4 Å². The number of methoxy groups -OCH3 is 1. The molecule has 0 spiro atoms. The van der Waals surface area contributed by atoms with Gasteiger partial charge in [0.05, 0.1) is 12.4 Å². The average molecular weight is 282 g/mol. The Morgan fingerprint density at radius 3 is 2.53 bits per heavy atom. The number of hydrogen-bond acceptors (Lipinski definition) is 4. The van der Waals surface area contributed by atoms with E-state index in [1.807, 2.05) is 38.1 Å². The summed E-state index contributed by atoms with van der Waals surface area (Å²) in [6.45, 7) is 4.40. The predicted octanol–water partition coefficient (Wildman–Crippen LogP) is 1.95. The van der Waals surface area contributed by atoms with E-state index >= 15 is 0 Å². The molecule has 2 unspecified atom stereocenters. The molecule has 1 aromatic carbocycles. The maximum absolute atomic E-state index is 11.7. The molecule has 106 valence electrons. The van der Waals surface area contributed by atoms with Crippen LogP contribution in [0.25, 0.3) is 0 Å². The highest BCUT2D eigenvalue weighted by atomic mass is 32.2. The first-order valence-corrected chi connectivity index (χ1v) is 7.28. The van der Waals surface area contributed by atoms with Gasteiger partial charge in [0.15, 0.2) is 0 Å². The van der Waals surface area contributed by atoms with Crippen molar-refractivity contribution in [3.05, 3.63) is 29.8 Å². The molecule has 0 fully saturated rings. The highest BCUT2D eigenvalue weighted by Crippen LogP contribution is 2.20. The molecule has 4 nitrogen and oxygen atoms in total. The Morgan fingerprint density at radius 1 is 1.37 bits per heavy atom. The van der Waals surface area contributed by atoms with Crippen molar-refractivity contribution in [2.24, 2.45) is 5.73 Å². The van der Waals surface area contributed by atoms with Crippen LogP contribution in [-0.4, -0.2) is 31.4 Å². The minimum absolute atomic E-state index is 0.0193. The Morgan fingerprint density at radius 2 is 2.00 bits per heavy atom. The number of ether oxygens (including phenoxy) is 1. The number of nitrogens with one attached hydrogen (secondary N) is 1. The summed E-state index contributed by atoms with van der Waals surface area (Å²) in [5.74, 6) is 0.428. The lowest BCUT2D eigenvalue weighted by molar-refractivity contribution is -0.119. The standard InChI is InChI=1S/C14H22N2O2S/c1-10(8-18-3)16-14(17)9-19-13-6-4-12(5-7-13)11(2)15/h4-7,10-11H,8-9,15H2,1-3H3,(H,16,17). The minimum atomic E-state index is 0.0193. The van der Waals surface area contributed by atoms with Gasteiger partial charge >= 0.3 is 0 Å². The third-order valence-electron chi connectivity index (χ3n) is 2.60. The first kappa shape index (κ1) is 16.0. The molecule has 0 aliphatic heterocycles. The van der Waals surface area contributed by atoms with Crippen molar-refractivity contribution in [2.75, 3.05) is 19.5 Å². The minimum Gasteiger partial charge on any atom is -0.383 e. The lowest BCUT2D eigenvalue weighted by Crippen LogP contribution is -2.36. The zero-order valence-electron chi connectivity index (χ0n) is 11.7. The van der Waals surface area contributed by atoms with Crippen molar-refractivity contribution in [3.63, 3.8) is 0 Å². The van der Waals surface area contributed by atoms with E-state index in [4.69, 9.17) is 10.5 Å². The average Bonchev–Trinajstić information content (AvgIpc) is 2.37. The van der Waals surface area contributed by atoms with Gasteiger partial charge in [-0.05, 0) is 31.5 Å². The molecule has 3 N–H and O–H groups in total. The number of carbonyl (C=O) groups is 1. The highest BCUT2D eigenvalue weighted by Gasteiger charge is 2.07. The van der Waals surface area contributed by atoms with Crippen molar-refractivity contribution < 1.29 is 9.53 Å². The number of carbonyl (C=O) groups excluding carboxylic acids is 1. The molecule has 5 heteroatoms. The van der Waals surface area contributed by atoms with Crippen LogP contribution in [0.3, 0.4) is 0 Å². The van der Waals surface area contributed by atoms with Gasteiger partial charge in [0.2, 0.25) is 5.91 Å². The Bertz CT molecular complexity index is 393. The molecule has 2 atom stereocenters. The molecule has 1 rings (SSSR count). The van der Waals surface area contributed by atoms with Crippen LogP contribution < -0.4 is 11.1 Å². The van der Waals surface area contributed by atoms with Crippen LogP contribution in [0, 0.1) is 0 Å². The first-order valence-electron chi connectivity index (χ1n) is 6.29. The quantitative estimate of drug-likeness (QED) is 0.750. The van der Waals surface area contributed by atoms with E-state index < -0.39 is 0 Å². The second kappa shape index (κ2) is 8.19. The van der Waals surface area contributed by atoms with Gasteiger partial charge < -0.3 is 15.8 Å². The summed E-state index contributed by atoms with van der Waals surface area (Å²) in [4.78, 5) is 12.7. The topological polar surface area (TPSA) is 64.3 Å². The van der Waals surface area contributed by atoms with E-state index in [0.717, 1.165) is 10.5 Å². The molecule has 19 heavy (non-hydrogen) atoms. The fourth-order valence-electron chi connectivity index (χ4n) is 1.62. The van der Waals surface area contributed by atoms with E-state index in [1.165, 1.54) is 11.8 Å². The Balaban J connectivity index is 2.37. The number of rotatable bonds is 7. The van der Waals surface area contributed by atoms with Gasteiger partial charge in [0.25, 0.3) is 0 Å². The summed E-state index contributed by atoms with van der Waals surface area (Å²) in [5.41, 5.74) is 6.89. The molecule has 0 aliphatic rings. The maximum atomic E-state index is 11.7. The smallest absolute Gasteiger partial charge is 0.230 e. The Labute approximate surface area is 119 Å². The van der Waals surface area contributed by atoms with Crippen molar-refractivity contribution in [3.8, 4) is 0 Å². The van der Waals surface area contributed by atoms with Gasteiger partial charge in [-0.2, -0.15) is 0 Å². The van der Waals surface area contributed by atoms with Gasteiger partial charge in [0, 0.05) is 24.1 Å². The van der Waals surface area contributed by atoms with Crippen LogP contribution in [0.1, 0.15) is 25.5 Å². The molecule has 0 radical (unpaired) electrons. The summed E-state index contributed by atoms with van der Waals surface area (Å²) in [5, 5.41) is 2.88. The summed E-state index contributed by atoms with van der Waals surface area (Å²) in [6.07, 6.45) is 0. The fourth-order valence-corrected chi connectivity index (χ4v) is 2.33. The summed E-state index contributed by atoms with van der Waals surface area (Å²) < 4.78 is 4.97. The largest absolute Gasteiger partial charge is 0.383 e. The fraction of sp³-hybridized carbons (Fsp3) is 0.500. The number of nitrogens with two attached hydrogens (primary N) is 1. The molecular formula is C14H22N2O2S. The van der Waals surface area contributed by atoms with Crippen LogP contribution in [0.5, 0.6) is 0 Å². The second-order valence-corrected chi connectivity index (χ2v) is 5.62. The normalized spacial score (nSPS) is 13.9. The molecule has 0 saturated heterocycles. The second-order valence-electron chi connectivity index (χ2n) is 4.57. The van der Waals surface area contributed by atoms with Crippen LogP contribution in [0.2, 0.25) is 0 Å². The van der Waals surface area contributed by atoms with Crippen molar-refractivity contribution in [2.45, 2.75) is 30.8 Å². The molecule has 1 aromatic rings. The van der Waals surface area contributed by atoms with Crippen molar-refractivity contribution in [1.82, 2.24) is 5.32 Å². The van der Waals surface area contributed by atoms with Gasteiger partial charge in [-0.3, -0.25) is 4.79 Å². The van der Waals surface area contributed by atoms with E-state index in [1.54, 1.807) is 7.11 Å². The van der Waals surface area contributed by atoms with Crippen LogP contribution in [-0.2, 0) is 9.53 Å².